The quantitative estimate of drug-likeness (QED) is 0.228. The van der Waals surface area contributed by atoms with Crippen molar-refractivity contribution in [1.29, 1.82) is 0 Å². The van der Waals surface area contributed by atoms with Crippen molar-refractivity contribution >= 4 is 45.9 Å². The minimum absolute atomic E-state index is 0. The molecular weight excluding hydrogens is 511 g/mol. The number of likely N-dealkylation sites (tertiary alicyclic amines) is 1. The van der Waals surface area contributed by atoms with Crippen LogP contribution in [0.2, 0.25) is 0 Å². The van der Waals surface area contributed by atoms with Gasteiger partial charge in [-0.1, -0.05) is 6.92 Å². The highest BCUT2D eigenvalue weighted by Crippen LogP contribution is 2.16. The summed E-state index contributed by atoms with van der Waals surface area (Å²) in [6.45, 7) is 7.97. The van der Waals surface area contributed by atoms with E-state index < -0.39 is 15.3 Å². The number of hydrogen-bond donors (Lipinski definition) is 2. The number of amides is 1. The first kappa shape index (κ1) is 26.3. The van der Waals surface area contributed by atoms with Gasteiger partial charge in [0.2, 0.25) is 15.9 Å². The molecule has 2 rings (SSSR count). The summed E-state index contributed by atoms with van der Waals surface area (Å²) in [5, 5.41) is 2.85. The van der Waals surface area contributed by atoms with Crippen LogP contribution in [0.1, 0.15) is 13.3 Å². The van der Waals surface area contributed by atoms with Gasteiger partial charge in [0.05, 0.1) is 18.5 Å². The summed E-state index contributed by atoms with van der Waals surface area (Å²) < 4.78 is 32.5. The molecule has 2 N–H and O–H groups in total. The van der Waals surface area contributed by atoms with Crippen LogP contribution in [0.15, 0.2) is 4.99 Å². The van der Waals surface area contributed by atoms with Gasteiger partial charge in [0.1, 0.15) is 6.54 Å². The normalized spacial score (nSPS) is 21.0. The first-order chi connectivity index (χ1) is 13.3. The number of rotatable bonds is 8. The Labute approximate surface area is 191 Å². The number of guanidine groups is 1. The van der Waals surface area contributed by atoms with Crippen molar-refractivity contribution < 1.29 is 17.9 Å². The largest absolute Gasteiger partial charge is 0.379 e. The summed E-state index contributed by atoms with van der Waals surface area (Å²) in [7, 11) is 0.0549. The molecule has 0 aromatic carbocycles. The highest BCUT2D eigenvalue weighted by molar-refractivity contribution is 14.0. The van der Waals surface area contributed by atoms with E-state index in [1.165, 1.54) is 4.90 Å². The van der Waals surface area contributed by atoms with Gasteiger partial charge in [0, 0.05) is 59.9 Å². The molecule has 2 fully saturated rings. The van der Waals surface area contributed by atoms with Gasteiger partial charge >= 0.3 is 0 Å². The van der Waals surface area contributed by atoms with Gasteiger partial charge in [-0.05, 0) is 6.42 Å². The second-order valence-corrected chi connectivity index (χ2v) is 9.25. The van der Waals surface area contributed by atoms with Crippen LogP contribution in [0.5, 0.6) is 0 Å². The van der Waals surface area contributed by atoms with Gasteiger partial charge in [-0.25, -0.2) is 18.1 Å². The molecule has 0 aliphatic carbocycles. The van der Waals surface area contributed by atoms with E-state index in [9.17, 15) is 13.2 Å². The molecule has 0 saturated carbocycles. The third-order valence-electron chi connectivity index (χ3n) is 4.91. The molecular formula is C17H35IN6O4S. The SMILES string of the molecule is CCNS(=O)(=O)C1CCN(C(=NCC(=O)N(C)C)NCCN2CCOCC2)C1.I. The summed E-state index contributed by atoms with van der Waals surface area (Å²) in [6, 6.07) is 0. The van der Waals surface area contributed by atoms with Gasteiger partial charge in [0.25, 0.3) is 0 Å². The number of morpholine rings is 1. The second kappa shape index (κ2) is 12.9. The van der Waals surface area contributed by atoms with Crippen LogP contribution in [0.3, 0.4) is 0 Å². The van der Waals surface area contributed by atoms with Gasteiger partial charge < -0.3 is 19.9 Å². The topological polar surface area (TPSA) is 107 Å². The first-order valence-electron chi connectivity index (χ1n) is 9.85. The minimum Gasteiger partial charge on any atom is -0.379 e. The monoisotopic (exact) mass is 546 g/mol. The summed E-state index contributed by atoms with van der Waals surface area (Å²) in [6.07, 6.45) is 0.543. The molecule has 0 aromatic heterocycles. The molecule has 29 heavy (non-hydrogen) atoms. The maximum Gasteiger partial charge on any atom is 0.243 e. The molecule has 2 aliphatic heterocycles. The lowest BCUT2D eigenvalue weighted by molar-refractivity contribution is -0.127. The van der Waals surface area contributed by atoms with Crippen LogP contribution >= 0.6 is 24.0 Å². The van der Waals surface area contributed by atoms with Gasteiger partial charge in [0.15, 0.2) is 5.96 Å². The molecule has 1 unspecified atom stereocenters. The van der Waals surface area contributed by atoms with Crippen molar-refractivity contribution in [2.45, 2.75) is 18.6 Å². The van der Waals surface area contributed by atoms with Crippen molar-refractivity contribution in [3.63, 3.8) is 0 Å². The van der Waals surface area contributed by atoms with Gasteiger partial charge in [-0.3, -0.25) is 9.69 Å². The van der Waals surface area contributed by atoms with Crippen LogP contribution in [0.25, 0.3) is 0 Å². The number of nitrogens with one attached hydrogen (secondary N) is 2. The molecule has 0 radical (unpaired) electrons. The predicted molar refractivity (Wildman–Crippen MR) is 124 cm³/mol. The number of nitrogens with zero attached hydrogens (tertiary/aromatic N) is 4. The molecule has 0 bridgehead atoms. The van der Waals surface area contributed by atoms with Crippen molar-refractivity contribution in [2.24, 2.45) is 4.99 Å². The standard InChI is InChI=1S/C17H34N6O4S.HI/c1-4-20-28(25,26)15-5-7-23(14-15)17(19-13-16(24)21(2)3)18-6-8-22-9-11-27-12-10-22;/h15,20H,4-14H2,1-3H3,(H,18,19);1H. The number of ether oxygens (including phenoxy) is 1. The third-order valence-corrected chi connectivity index (χ3v) is 6.86. The zero-order valence-corrected chi connectivity index (χ0v) is 20.7. The molecule has 170 valence electrons. The number of hydrogen-bond acceptors (Lipinski definition) is 6. The fourth-order valence-corrected chi connectivity index (χ4v) is 4.63. The van der Waals surface area contributed by atoms with Crippen molar-refractivity contribution in [3.8, 4) is 0 Å². The molecule has 2 aliphatic rings. The molecule has 1 amide bonds. The number of aliphatic imine (C=N–C) groups is 1. The van der Waals surface area contributed by atoms with E-state index in [-0.39, 0.29) is 36.4 Å². The highest BCUT2D eigenvalue weighted by atomic mass is 127. The Morgan fingerprint density at radius 2 is 1.93 bits per heavy atom. The van der Waals surface area contributed by atoms with Crippen molar-refractivity contribution in [2.75, 3.05) is 79.7 Å². The number of likely N-dealkylation sites (N-methyl/N-ethyl adjacent to an activating group) is 1. The van der Waals surface area contributed by atoms with E-state index in [0.29, 0.717) is 38.6 Å². The molecule has 2 saturated heterocycles. The van der Waals surface area contributed by atoms with E-state index in [1.807, 2.05) is 4.90 Å². The summed E-state index contributed by atoms with van der Waals surface area (Å²) in [5.41, 5.74) is 0. The number of carbonyl (C=O) groups excluding carboxylic acids is 1. The maximum absolute atomic E-state index is 12.3. The molecule has 0 spiro atoms. The maximum atomic E-state index is 12.3. The Bertz CT molecular complexity index is 640. The lowest BCUT2D eigenvalue weighted by atomic mass is 10.4. The summed E-state index contributed by atoms with van der Waals surface area (Å²) >= 11 is 0. The molecule has 2 heterocycles. The number of sulfonamides is 1. The molecule has 10 nitrogen and oxygen atoms in total. The van der Waals surface area contributed by atoms with Crippen molar-refractivity contribution in [3.05, 3.63) is 0 Å². The van der Waals surface area contributed by atoms with Crippen molar-refractivity contribution in [1.82, 2.24) is 24.7 Å². The van der Waals surface area contributed by atoms with E-state index in [0.717, 1.165) is 32.8 Å². The van der Waals surface area contributed by atoms with E-state index >= 15 is 0 Å². The molecule has 12 heteroatoms. The van der Waals surface area contributed by atoms with Crippen LogP contribution < -0.4 is 10.0 Å². The smallest absolute Gasteiger partial charge is 0.243 e. The van der Waals surface area contributed by atoms with E-state index in [2.05, 4.69) is 19.9 Å². The van der Waals surface area contributed by atoms with Gasteiger partial charge in [-0.15, -0.1) is 24.0 Å². The lowest BCUT2D eigenvalue weighted by Gasteiger charge is -2.28. The predicted octanol–water partition coefficient (Wildman–Crippen LogP) is -1.02. The number of carbonyl (C=O) groups is 1. The van der Waals surface area contributed by atoms with Crippen LogP contribution in [0.4, 0.5) is 0 Å². The Morgan fingerprint density at radius 1 is 1.24 bits per heavy atom. The Hall–Kier alpha value is -0.700. The van der Waals surface area contributed by atoms with Gasteiger partial charge in [-0.2, -0.15) is 0 Å². The molecule has 1 atom stereocenters. The van der Waals surface area contributed by atoms with E-state index in [1.54, 1.807) is 21.0 Å². The average molecular weight is 546 g/mol. The fourth-order valence-electron chi connectivity index (χ4n) is 3.20. The van der Waals surface area contributed by atoms with Crippen LogP contribution in [-0.4, -0.2) is 120 Å². The summed E-state index contributed by atoms with van der Waals surface area (Å²) in [4.78, 5) is 22.1. The minimum atomic E-state index is -3.33. The Kier molecular flexibility index (Phi) is 11.7. The average Bonchev–Trinajstić information content (AvgIpc) is 3.16. The zero-order valence-electron chi connectivity index (χ0n) is 17.6. The first-order valence-corrected chi connectivity index (χ1v) is 11.4. The van der Waals surface area contributed by atoms with Crippen LogP contribution in [0, 0.1) is 0 Å². The molecule has 0 aromatic rings. The summed E-state index contributed by atoms with van der Waals surface area (Å²) in [5.74, 6) is 0.501. The zero-order chi connectivity index (χ0) is 20.6. The fraction of sp³-hybridized carbons (Fsp3) is 0.882. The van der Waals surface area contributed by atoms with E-state index in [4.69, 9.17) is 4.74 Å². The Balaban J connectivity index is 0.00000420. The lowest BCUT2D eigenvalue weighted by Crippen LogP contribution is -2.46. The second-order valence-electron chi connectivity index (χ2n) is 7.21. The number of halogens is 1. The highest BCUT2D eigenvalue weighted by Gasteiger charge is 2.34. The van der Waals surface area contributed by atoms with Crippen LogP contribution in [-0.2, 0) is 19.6 Å². The third kappa shape index (κ3) is 8.52. The Morgan fingerprint density at radius 3 is 2.55 bits per heavy atom.